The zero-order chi connectivity index (χ0) is 14.9. The minimum absolute atomic E-state index is 0. The summed E-state index contributed by atoms with van der Waals surface area (Å²) in [5, 5.41) is 6.16. The minimum Gasteiger partial charge on any atom is -0.493 e. The van der Waals surface area contributed by atoms with Crippen LogP contribution >= 0.6 is 23.7 Å². The van der Waals surface area contributed by atoms with E-state index in [0.29, 0.717) is 6.54 Å². The van der Waals surface area contributed by atoms with Crippen molar-refractivity contribution in [3.05, 3.63) is 57.6 Å². The molecule has 3 heterocycles. The largest absolute Gasteiger partial charge is 0.493 e. The van der Waals surface area contributed by atoms with Gasteiger partial charge in [-0.05, 0) is 54.3 Å². The summed E-state index contributed by atoms with van der Waals surface area (Å²) in [6, 6.07) is 10.5. The first-order valence-corrected chi connectivity index (χ1v) is 8.06. The molecule has 0 spiro atoms. The number of halogens is 1. The highest BCUT2D eigenvalue weighted by atomic mass is 35.5. The van der Waals surface area contributed by atoms with Gasteiger partial charge in [0.05, 0.1) is 13.2 Å². The summed E-state index contributed by atoms with van der Waals surface area (Å²) in [5.41, 5.74) is 2.31. The predicted molar refractivity (Wildman–Crippen MR) is 92.8 cm³/mol. The maximum atomic E-state index is 11.5. The molecule has 1 aliphatic heterocycles. The lowest BCUT2D eigenvalue weighted by Gasteiger charge is -2.17. The Labute approximate surface area is 143 Å². The van der Waals surface area contributed by atoms with Crippen molar-refractivity contribution in [1.29, 1.82) is 0 Å². The normalized spacial score (nSPS) is 13.0. The Morgan fingerprint density at radius 3 is 3.04 bits per heavy atom. The van der Waals surface area contributed by atoms with Crippen molar-refractivity contribution in [2.75, 3.05) is 6.61 Å². The molecule has 0 fully saturated rings. The number of nitrogens with one attached hydrogen (secondary N) is 1. The molecule has 3 aromatic rings. The van der Waals surface area contributed by atoms with E-state index in [1.54, 1.807) is 15.9 Å². The standard InChI is InChI=1S/C16H15N3O2S.ClH/c20-16-18-17-10-19(16)9-13-4-6-15(22-13)12-3-5-14-11(8-12)2-1-7-21-14;/h3-6,8,10H,1-2,7,9H2,(H,18,20);1H. The predicted octanol–water partition coefficient (Wildman–Crippen LogP) is 3.10. The lowest BCUT2D eigenvalue weighted by atomic mass is 10.0. The Morgan fingerprint density at radius 2 is 2.22 bits per heavy atom. The molecule has 0 radical (unpaired) electrons. The molecule has 4 rings (SSSR count). The van der Waals surface area contributed by atoms with Crippen LogP contribution in [0, 0.1) is 0 Å². The Morgan fingerprint density at radius 1 is 1.30 bits per heavy atom. The molecule has 5 nitrogen and oxygen atoms in total. The maximum Gasteiger partial charge on any atom is 0.343 e. The first kappa shape index (κ1) is 15.8. The molecule has 0 saturated carbocycles. The van der Waals surface area contributed by atoms with Gasteiger partial charge in [0.25, 0.3) is 0 Å². The van der Waals surface area contributed by atoms with Crippen molar-refractivity contribution < 1.29 is 4.74 Å². The first-order chi connectivity index (χ1) is 10.8. The van der Waals surface area contributed by atoms with E-state index in [9.17, 15) is 4.79 Å². The number of aryl methyl sites for hydroxylation is 1. The van der Waals surface area contributed by atoms with E-state index in [1.807, 2.05) is 0 Å². The van der Waals surface area contributed by atoms with Crippen molar-refractivity contribution in [3.63, 3.8) is 0 Å². The molecule has 0 atom stereocenters. The number of ether oxygens (including phenoxy) is 1. The van der Waals surface area contributed by atoms with Crippen LogP contribution in [0.2, 0.25) is 0 Å². The average Bonchev–Trinajstić information content (AvgIpc) is 3.17. The third kappa shape index (κ3) is 3.18. The van der Waals surface area contributed by atoms with Crippen molar-refractivity contribution in [2.45, 2.75) is 19.4 Å². The SMILES string of the molecule is Cl.O=c1[nH]ncn1Cc1ccc(-c2ccc3c(c2)CCCO3)s1. The van der Waals surface area contributed by atoms with Gasteiger partial charge in [0, 0.05) is 9.75 Å². The highest BCUT2D eigenvalue weighted by molar-refractivity contribution is 7.15. The Hall–Kier alpha value is -2.05. The zero-order valence-electron chi connectivity index (χ0n) is 12.3. The number of thiophene rings is 1. The summed E-state index contributed by atoms with van der Waals surface area (Å²) in [5.74, 6) is 1.01. The molecule has 0 unspecified atom stereocenters. The van der Waals surface area contributed by atoms with Crippen LogP contribution in [-0.4, -0.2) is 21.4 Å². The van der Waals surface area contributed by atoms with Crippen LogP contribution in [0.25, 0.3) is 10.4 Å². The molecular weight excluding hydrogens is 334 g/mol. The minimum atomic E-state index is -0.180. The number of aromatic amines is 1. The van der Waals surface area contributed by atoms with E-state index in [0.717, 1.165) is 30.1 Å². The van der Waals surface area contributed by atoms with E-state index >= 15 is 0 Å². The highest BCUT2D eigenvalue weighted by Gasteiger charge is 2.12. The van der Waals surface area contributed by atoms with Crippen molar-refractivity contribution >= 4 is 23.7 Å². The number of H-pyrrole nitrogens is 1. The van der Waals surface area contributed by atoms with Crippen LogP contribution in [0.5, 0.6) is 5.75 Å². The molecule has 0 saturated heterocycles. The van der Waals surface area contributed by atoms with Gasteiger partial charge in [-0.15, -0.1) is 23.7 Å². The lowest BCUT2D eigenvalue weighted by molar-refractivity contribution is 0.288. The van der Waals surface area contributed by atoms with Crippen LogP contribution in [0.3, 0.4) is 0 Å². The fourth-order valence-electron chi connectivity index (χ4n) is 2.68. The van der Waals surface area contributed by atoms with Gasteiger partial charge in [-0.25, -0.2) is 9.89 Å². The maximum absolute atomic E-state index is 11.5. The fourth-order valence-corrected chi connectivity index (χ4v) is 3.69. The molecule has 1 aromatic carbocycles. The molecule has 120 valence electrons. The van der Waals surface area contributed by atoms with Gasteiger partial charge in [-0.3, -0.25) is 4.57 Å². The molecule has 0 amide bonds. The Bertz CT molecular complexity index is 868. The summed E-state index contributed by atoms with van der Waals surface area (Å²) in [6.07, 6.45) is 3.68. The van der Waals surface area contributed by atoms with E-state index in [2.05, 4.69) is 40.5 Å². The summed E-state index contributed by atoms with van der Waals surface area (Å²) < 4.78 is 7.22. The third-order valence-electron chi connectivity index (χ3n) is 3.80. The smallest absolute Gasteiger partial charge is 0.343 e. The van der Waals surface area contributed by atoms with Gasteiger partial charge in [-0.1, -0.05) is 0 Å². The van der Waals surface area contributed by atoms with Crippen LogP contribution in [0.15, 0.2) is 41.5 Å². The van der Waals surface area contributed by atoms with E-state index in [-0.39, 0.29) is 18.1 Å². The van der Waals surface area contributed by atoms with E-state index in [1.165, 1.54) is 22.3 Å². The van der Waals surface area contributed by atoms with Crippen LogP contribution in [-0.2, 0) is 13.0 Å². The van der Waals surface area contributed by atoms with E-state index < -0.39 is 0 Å². The first-order valence-electron chi connectivity index (χ1n) is 7.24. The van der Waals surface area contributed by atoms with Gasteiger partial charge >= 0.3 is 5.69 Å². The number of fused-ring (bicyclic) bond motifs is 1. The van der Waals surface area contributed by atoms with Gasteiger partial charge < -0.3 is 4.74 Å². The second kappa shape index (κ2) is 6.60. The van der Waals surface area contributed by atoms with Gasteiger partial charge in [0.1, 0.15) is 12.1 Å². The quantitative estimate of drug-likeness (QED) is 0.790. The summed E-state index contributed by atoms with van der Waals surface area (Å²) in [6.45, 7) is 1.36. The summed E-state index contributed by atoms with van der Waals surface area (Å²) in [7, 11) is 0. The molecule has 7 heteroatoms. The molecule has 0 bridgehead atoms. The number of nitrogens with zero attached hydrogens (tertiary/aromatic N) is 2. The van der Waals surface area contributed by atoms with Gasteiger partial charge in [0.15, 0.2) is 0 Å². The molecular formula is C16H16ClN3O2S. The average molecular weight is 350 g/mol. The van der Waals surface area contributed by atoms with Crippen LogP contribution in [0.1, 0.15) is 16.9 Å². The van der Waals surface area contributed by atoms with Gasteiger partial charge in [0.2, 0.25) is 0 Å². The van der Waals surface area contributed by atoms with Crippen molar-refractivity contribution in [1.82, 2.24) is 14.8 Å². The fraction of sp³-hybridized carbons (Fsp3) is 0.250. The second-order valence-electron chi connectivity index (χ2n) is 5.33. The molecule has 2 aromatic heterocycles. The number of aromatic nitrogens is 3. The number of hydrogen-bond donors (Lipinski definition) is 1. The molecule has 1 aliphatic rings. The highest BCUT2D eigenvalue weighted by Crippen LogP contribution is 2.33. The van der Waals surface area contributed by atoms with Crippen LogP contribution < -0.4 is 10.4 Å². The molecule has 1 N–H and O–H groups in total. The topological polar surface area (TPSA) is 59.9 Å². The van der Waals surface area contributed by atoms with Crippen molar-refractivity contribution in [3.8, 4) is 16.2 Å². The summed E-state index contributed by atoms with van der Waals surface area (Å²) in [4.78, 5) is 13.8. The van der Waals surface area contributed by atoms with Gasteiger partial charge in [-0.2, -0.15) is 5.10 Å². The van der Waals surface area contributed by atoms with Crippen molar-refractivity contribution in [2.24, 2.45) is 0 Å². The number of benzene rings is 1. The Balaban J connectivity index is 0.00000156. The molecule has 0 aliphatic carbocycles. The summed E-state index contributed by atoms with van der Waals surface area (Å²) >= 11 is 1.70. The van der Waals surface area contributed by atoms with Crippen LogP contribution in [0.4, 0.5) is 0 Å². The monoisotopic (exact) mass is 349 g/mol. The number of rotatable bonds is 3. The second-order valence-corrected chi connectivity index (χ2v) is 6.50. The Kier molecular flexibility index (Phi) is 4.54. The zero-order valence-corrected chi connectivity index (χ0v) is 14.0. The lowest BCUT2D eigenvalue weighted by Crippen LogP contribution is -2.16. The van der Waals surface area contributed by atoms with E-state index in [4.69, 9.17) is 4.74 Å². The third-order valence-corrected chi connectivity index (χ3v) is 4.92. The molecule has 23 heavy (non-hydrogen) atoms. The number of hydrogen-bond acceptors (Lipinski definition) is 4.